The van der Waals surface area contributed by atoms with E-state index in [0.29, 0.717) is 24.0 Å². The van der Waals surface area contributed by atoms with E-state index in [9.17, 15) is 9.18 Å². The first-order valence-electron chi connectivity index (χ1n) is 10.6. The highest BCUT2D eigenvalue weighted by Gasteiger charge is 2.20. The molecule has 5 rings (SSSR count). The molecule has 6 nitrogen and oxygen atoms in total. The Hall–Kier alpha value is -1.84. The summed E-state index contributed by atoms with van der Waals surface area (Å²) in [6, 6.07) is 10.5. The van der Waals surface area contributed by atoms with Crippen LogP contribution in [0.2, 0.25) is 0 Å². The number of thioether (sulfide) groups is 1. The third-order valence-electron chi connectivity index (χ3n) is 6.07. The first kappa shape index (κ1) is 25.8. The third kappa shape index (κ3) is 6.00. The highest BCUT2D eigenvalue weighted by molar-refractivity contribution is 7.99. The summed E-state index contributed by atoms with van der Waals surface area (Å²) >= 11 is 1.71. The Kier molecular flexibility index (Phi) is 9.01. The molecule has 0 spiro atoms. The number of ether oxygens (including phenoxy) is 1. The van der Waals surface area contributed by atoms with Gasteiger partial charge in [0.25, 0.3) is 5.56 Å². The lowest BCUT2D eigenvalue weighted by Crippen LogP contribution is -2.43. The average Bonchev–Trinajstić information content (AvgIpc) is 3.26. The number of nitrogens with zero attached hydrogens (tertiary/aromatic N) is 3. The lowest BCUT2D eigenvalue weighted by atomic mass is 10.0. The van der Waals surface area contributed by atoms with Gasteiger partial charge in [0.05, 0.1) is 22.3 Å². The molecule has 1 saturated heterocycles. The van der Waals surface area contributed by atoms with Crippen LogP contribution in [-0.4, -0.2) is 46.1 Å². The standard InChI is InChI=1S/C23H25FN4O2S.2ClH/c24-17-3-1-16-2-4-23(29)28(20(16)11-17)10-9-27-7-5-18(6-8-27)25-13-19-12-22-21(14-26-19)30-15-31-22;;/h1-4,11-12,14,18,25H,5-10,13,15H2;2*1H. The molecule has 2 aliphatic heterocycles. The smallest absolute Gasteiger partial charge is 0.251 e. The van der Waals surface area contributed by atoms with Crippen LogP contribution >= 0.6 is 36.6 Å². The lowest BCUT2D eigenvalue weighted by molar-refractivity contribution is 0.191. The van der Waals surface area contributed by atoms with Crippen molar-refractivity contribution in [2.24, 2.45) is 0 Å². The maximum atomic E-state index is 13.7. The van der Waals surface area contributed by atoms with Crippen LogP contribution in [0.4, 0.5) is 4.39 Å². The molecular formula is C23H27Cl2FN4O2S. The zero-order valence-electron chi connectivity index (χ0n) is 18.0. The van der Waals surface area contributed by atoms with Crippen LogP contribution in [-0.2, 0) is 13.1 Å². The van der Waals surface area contributed by atoms with E-state index >= 15 is 0 Å². The molecule has 1 aromatic carbocycles. The van der Waals surface area contributed by atoms with Gasteiger partial charge in [-0.05, 0) is 61.6 Å². The van der Waals surface area contributed by atoms with Gasteiger partial charge in [-0.25, -0.2) is 4.39 Å². The summed E-state index contributed by atoms with van der Waals surface area (Å²) < 4.78 is 20.9. The van der Waals surface area contributed by atoms with Crippen molar-refractivity contribution >= 4 is 47.5 Å². The average molecular weight is 513 g/mol. The van der Waals surface area contributed by atoms with Crippen molar-refractivity contribution in [1.82, 2.24) is 19.8 Å². The number of likely N-dealkylation sites (tertiary alicyclic amines) is 1. The van der Waals surface area contributed by atoms with Gasteiger partial charge in [-0.3, -0.25) is 9.78 Å². The van der Waals surface area contributed by atoms with Gasteiger partial charge < -0.3 is 19.5 Å². The second-order valence-electron chi connectivity index (χ2n) is 8.05. The van der Waals surface area contributed by atoms with Gasteiger partial charge in [0.15, 0.2) is 5.75 Å². The van der Waals surface area contributed by atoms with Gasteiger partial charge >= 0.3 is 0 Å². The normalized spacial score (nSPS) is 16.0. The van der Waals surface area contributed by atoms with Crippen molar-refractivity contribution < 1.29 is 9.13 Å². The van der Waals surface area contributed by atoms with Crippen LogP contribution in [0.15, 0.2) is 52.3 Å². The van der Waals surface area contributed by atoms with Gasteiger partial charge in [0, 0.05) is 31.7 Å². The van der Waals surface area contributed by atoms with Crippen LogP contribution in [0.25, 0.3) is 10.9 Å². The van der Waals surface area contributed by atoms with E-state index in [1.54, 1.807) is 34.5 Å². The van der Waals surface area contributed by atoms with E-state index in [0.717, 1.165) is 55.9 Å². The summed E-state index contributed by atoms with van der Waals surface area (Å²) in [5.74, 6) is 1.24. The first-order chi connectivity index (χ1) is 15.2. The van der Waals surface area contributed by atoms with E-state index in [2.05, 4.69) is 21.3 Å². The minimum Gasteiger partial charge on any atom is -0.480 e. The molecule has 0 unspecified atom stereocenters. The highest BCUT2D eigenvalue weighted by Crippen LogP contribution is 2.35. The Morgan fingerprint density at radius 1 is 1.12 bits per heavy atom. The monoisotopic (exact) mass is 512 g/mol. The fourth-order valence-corrected chi connectivity index (χ4v) is 5.07. The summed E-state index contributed by atoms with van der Waals surface area (Å²) in [5, 5.41) is 4.51. The fraction of sp³-hybridized carbons (Fsp3) is 0.391. The van der Waals surface area contributed by atoms with Crippen LogP contribution < -0.4 is 15.6 Å². The number of benzene rings is 1. The van der Waals surface area contributed by atoms with Gasteiger partial charge in [-0.2, -0.15) is 0 Å². The van der Waals surface area contributed by atoms with Crippen molar-refractivity contribution in [1.29, 1.82) is 0 Å². The number of pyridine rings is 2. The zero-order chi connectivity index (χ0) is 21.2. The molecule has 0 radical (unpaired) electrons. The molecule has 2 aromatic heterocycles. The predicted molar refractivity (Wildman–Crippen MR) is 135 cm³/mol. The molecule has 0 atom stereocenters. The SMILES string of the molecule is Cl.Cl.O=c1ccc2ccc(F)cc2n1CCN1CCC(NCc2cc3c(cn2)OCS3)CC1. The molecule has 2 aliphatic rings. The van der Waals surface area contributed by atoms with Crippen LogP contribution in [0.1, 0.15) is 18.5 Å². The van der Waals surface area contributed by atoms with Crippen LogP contribution in [0, 0.1) is 5.82 Å². The Morgan fingerprint density at radius 3 is 2.73 bits per heavy atom. The molecule has 1 fully saturated rings. The summed E-state index contributed by atoms with van der Waals surface area (Å²) in [4.78, 5) is 20.4. The quantitative estimate of drug-likeness (QED) is 0.537. The highest BCUT2D eigenvalue weighted by atomic mass is 35.5. The molecule has 3 aromatic rings. The molecule has 4 heterocycles. The molecular weight excluding hydrogens is 486 g/mol. The Bertz CT molecular complexity index is 1150. The third-order valence-corrected chi connectivity index (χ3v) is 6.94. The molecule has 0 amide bonds. The largest absolute Gasteiger partial charge is 0.480 e. The molecule has 178 valence electrons. The van der Waals surface area contributed by atoms with Crippen LogP contribution in [0.5, 0.6) is 5.75 Å². The Balaban J connectivity index is 0.00000153. The van der Waals surface area contributed by atoms with Gasteiger partial charge in [0.2, 0.25) is 0 Å². The molecule has 0 saturated carbocycles. The van der Waals surface area contributed by atoms with Gasteiger partial charge in [0.1, 0.15) is 11.8 Å². The van der Waals surface area contributed by atoms with Crippen molar-refractivity contribution in [2.75, 3.05) is 25.6 Å². The zero-order valence-corrected chi connectivity index (χ0v) is 20.5. The maximum absolute atomic E-state index is 13.7. The van der Waals surface area contributed by atoms with Crippen molar-refractivity contribution in [3.05, 3.63) is 64.5 Å². The van der Waals surface area contributed by atoms with Crippen LogP contribution in [0.3, 0.4) is 0 Å². The Labute approximate surface area is 208 Å². The fourth-order valence-electron chi connectivity index (χ4n) is 4.28. The van der Waals surface area contributed by atoms with E-state index in [1.165, 1.54) is 17.0 Å². The van der Waals surface area contributed by atoms with Crippen molar-refractivity contribution in [3.63, 3.8) is 0 Å². The summed E-state index contributed by atoms with van der Waals surface area (Å²) in [6.45, 7) is 4.07. The van der Waals surface area contributed by atoms with E-state index in [-0.39, 0.29) is 36.2 Å². The number of nitrogens with one attached hydrogen (secondary N) is 1. The number of aromatic nitrogens is 2. The summed E-state index contributed by atoms with van der Waals surface area (Å²) in [7, 11) is 0. The summed E-state index contributed by atoms with van der Waals surface area (Å²) in [5.41, 5.74) is 1.62. The molecule has 0 bridgehead atoms. The molecule has 33 heavy (non-hydrogen) atoms. The topological polar surface area (TPSA) is 59.4 Å². The number of fused-ring (bicyclic) bond motifs is 2. The Morgan fingerprint density at radius 2 is 1.91 bits per heavy atom. The number of piperidine rings is 1. The van der Waals surface area contributed by atoms with E-state index in [4.69, 9.17) is 4.74 Å². The second-order valence-corrected chi connectivity index (χ2v) is 9.02. The maximum Gasteiger partial charge on any atom is 0.251 e. The molecule has 1 N–H and O–H groups in total. The van der Waals surface area contributed by atoms with Gasteiger partial charge in [-0.15, -0.1) is 24.8 Å². The van der Waals surface area contributed by atoms with Crippen molar-refractivity contribution in [3.8, 4) is 5.75 Å². The first-order valence-corrected chi connectivity index (χ1v) is 11.6. The van der Waals surface area contributed by atoms with E-state index < -0.39 is 0 Å². The number of halogens is 3. The number of hydrogen-bond acceptors (Lipinski definition) is 6. The minimum atomic E-state index is -0.317. The number of hydrogen-bond donors (Lipinski definition) is 1. The van der Waals surface area contributed by atoms with Crippen molar-refractivity contribution in [2.45, 2.75) is 36.9 Å². The minimum absolute atomic E-state index is 0. The second kappa shape index (κ2) is 11.5. The lowest BCUT2D eigenvalue weighted by Gasteiger charge is -2.32. The molecule has 0 aliphatic carbocycles. The molecule has 10 heteroatoms. The number of rotatable bonds is 6. The summed E-state index contributed by atoms with van der Waals surface area (Å²) in [6.07, 6.45) is 3.93. The van der Waals surface area contributed by atoms with Gasteiger partial charge in [-0.1, -0.05) is 11.8 Å². The van der Waals surface area contributed by atoms with E-state index in [1.807, 2.05) is 6.20 Å². The predicted octanol–water partition coefficient (Wildman–Crippen LogP) is 4.08.